The van der Waals surface area contributed by atoms with Gasteiger partial charge >= 0.3 is 0 Å². The Morgan fingerprint density at radius 3 is 1.46 bits per heavy atom. The average molecular weight is 377 g/mol. The summed E-state index contributed by atoms with van der Waals surface area (Å²) in [5.74, 6) is 10.3. The van der Waals surface area contributed by atoms with Crippen LogP contribution in [0.5, 0.6) is 0 Å². The van der Waals surface area contributed by atoms with Crippen molar-refractivity contribution in [3.63, 3.8) is 0 Å². The first-order chi connectivity index (χ1) is 13.5. The molecule has 0 aliphatic carbocycles. The molecule has 28 heavy (non-hydrogen) atoms. The molecule has 0 heterocycles. The quantitative estimate of drug-likeness (QED) is 0.271. The van der Waals surface area contributed by atoms with E-state index in [1.165, 1.54) is 0 Å². The van der Waals surface area contributed by atoms with Crippen LogP contribution in [-0.2, 0) is 0 Å². The van der Waals surface area contributed by atoms with Crippen LogP contribution in [0.4, 0.5) is 0 Å². The van der Waals surface area contributed by atoms with Crippen molar-refractivity contribution < 1.29 is 0 Å². The molecule has 0 aromatic heterocycles. The Balaban J connectivity index is 2.26. The van der Waals surface area contributed by atoms with Gasteiger partial charge in [-0.2, -0.15) is 0 Å². The molecule has 3 rings (SSSR count). The van der Waals surface area contributed by atoms with Crippen LogP contribution in [0.3, 0.4) is 0 Å². The fourth-order valence-electron chi connectivity index (χ4n) is 2.67. The SMILES string of the molecule is C[Si](C)(C)C#C/C(=C(\C#Cc1ccccc1)c1ccccc1)c1ccccc1. The van der Waals surface area contributed by atoms with Gasteiger partial charge in [0.05, 0.1) is 0 Å². The third-order valence-corrected chi connectivity index (χ3v) is 4.92. The van der Waals surface area contributed by atoms with Gasteiger partial charge < -0.3 is 0 Å². The Morgan fingerprint density at radius 2 is 1.00 bits per heavy atom. The third-order valence-electron chi connectivity index (χ3n) is 4.04. The normalized spacial score (nSPS) is 11.4. The van der Waals surface area contributed by atoms with Crippen molar-refractivity contribution in [1.82, 2.24) is 0 Å². The van der Waals surface area contributed by atoms with Gasteiger partial charge in [0, 0.05) is 16.7 Å². The summed E-state index contributed by atoms with van der Waals surface area (Å²) in [7, 11) is -1.53. The first kappa shape index (κ1) is 19.5. The average Bonchev–Trinajstić information content (AvgIpc) is 2.72. The summed E-state index contributed by atoms with van der Waals surface area (Å²) in [5.41, 5.74) is 8.70. The second-order valence-corrected chi connectivity index (χ2v) is 12.3. The lowest BCUT2D eigenvalue weighted by molar-refractivity contribution is 1.60. The van der Waals surface area contributed by atoms with Crippen molar-refractivity contribution in [2.75, 3.05) is 0 Å². The van der Waals surface area contributed by atoms with Gasteiger partial charge in [0.1, 0.15) is 8.07 Å². The third kappa shape index (κ3) is 5.62. The summed E-state index contributed by atoms with van der Waals surface area (Å²) < 4.78 is 0. The highest BCUT2D eigenvalue weighted by Crippen LogP contribution is 2.26. The molecular formula is C27H24Si. The Labute approximate surface area is 170 Å². The van der Waals surface area contributed by atoms with Crippen molar-refractivity contribution in [2.24, 2.45) is 0 Å². The summed E-state index contributed by atoms with van der Waals surface area (Å²) in [6.07, 6.45) is 0. The number of rotatable bonds is 2. The van der Waals surface area contributed by atoms with Gasteiger partial charge in [-0.1, -0.05) is 116 Å². The zero-order chi connectivity index (χ0) is 19.8. The highest BCUT2D eigenvalue weighted by molar-refractivity contribution is 6.84. The van der Waals surface area contributed by atoms with Crippen LogP contribution < -0.4 is 0 Å². The smallest absolute Gasteiger partial charge is 0.127 e. The van der Waals surface area contributed by atoms with Gasteiger partial charge in [-0.15, -0.1) is 5.54 Å². The van der Waals surface area contributed by atoms with Gasteiger partial charge in [-0.3, -0.25) is 0 Å². The lowest BCUT2D eigenvalue weighted by atomic mass is 9.95. The lowest BCUT2D eigenvalue weighted by Crippen LogP contribution is -2.16. The standard InChI is InChI=1S/C27H24Si/c1-28(2,3)22-21-27(25-17-11-6-12-18-25)26(24-15-9-5-10-16-24)20-19-23-13-7-4-8-14-23/h4-18H,1-3H3/b27-26-. The van der Waals surface area contributed by atoms with E-state index in [1.807, 2.05) is 54.6 Å². The number of hydrogen-bond donors (Lipinski definition) is 0. The Kier molecular flexibility index (Phi) is 6.33. The van der Waals surface area contributed by atoms with Crippen LogP contribution in [-0.4, -0.2) is 8.07 Å². The highest BCUT2D eigenvalue weighted by Gasteiger charge is 2.11. The van der Waals surface area contributed by atoms with Crippen molar-refractivity contribution in [3.05, 3.63) is 108 Å². The molecule has 0 N–H and O–H groups in total. The molecule has 0 aliphatic heterocycles. The van der Waals surface area contributed by atoms with E-state index >= 15 is 0 Å². The molecule has 136 valence electrons. The van der Waals surface area contributed by atoms with E-state index in [0.717, 1.165) is 27.8 Å². The van der Waals surface area contributed by atoms with Gasteiger partial charge in [-0.25, -0.2) is 0 Å². The van der Waals surface area contributed by atoms with Crippen LogP contribution in [0.1, 0.15) is 16.7 Å². The van der Waals surface area contributed by atoms with Gasteiger partial charge in [0.25, 0.3) is 0 Å². The van der Waals surface area contributed by atoms with Crippen LogP contribution in [0, 0.1) is 23.3 Å². The second-order valence-electron chi connectivity index (χ2n) is 7.60. The Bertz CT molecular complexity index is 1060. The topological polar surface area (TPSA) is 0 Å². The van der Waals surface area contributed by atoms with Gasteiger partial charge in [0.2, 0.25) is 0 Å². The first-order valence-corrected chi connectivity index (χ1v) is 13.0. The van der Waals surface area contributed by atoms with Crippen LogP contribution >= 0.6 is 0 Å². The van der Waals surface area contributed by atoms with Gasteiger partial charge in [-0.05, 0) is 23.3 Å². The molecule has 1 heteroatoms. The summed E-state index contributed by atoms with van der Waals surface area (Å²) >= 11 is 0. The minimum absolute atomic E-state index is 0.974. The van der Waals surface area contributed by atoms with Crippen molar-refractivity contribution in [3.8, 4) is 23.3 Å². The maximum Gasteiger partial charge on any atom is 0.129 e. The first-order valence-electron chi connectivity index (χ1n) is 9.48. The molecule has 0 unspecified atom stereocenters. The van der Waals surface area contributed by atoms with Crippen molar-refractivity contribution in [2.45, 2.75) is 19.6 Å². The van der Waals surface area contributed by atoms with E-state index in [9.17, 15) is 0 Å². The molecular weight excluding hydrogens is 352 g/mol. The van der Waals surface area contributed by atoms with Crippen LogP contribution in [0.15, 0.2) is 91.0 Å². The fraction of sp³-hybridized carbons (Fsp3) is 0.111. The molecule has 0 saturated heterocycles. The summed E-state index contributed by atoms with van der Waals surface area (Å²) in [6.45, 7) is 6.79. The van der Waals surface area contributed by atoms with E-state index in [2.05, 4.69) is 79.3 Å². The highest BCUT2D eigenvalue weighted by atomic mass is 28.3. The molecule has 0 saturated carbocycles. The molecule has 0 fully saturated rings. The molecule has 0 bridgehead atoms. The van der Waals surface area contributed by atoms with E-state index < -0.39 is 8.07 Å². The molecule has 0 radical (unpaired) electrons. The predicted octanol–water partition coefficient (Wildman–Crippen LogP) is 6.53. The number of hydrogen-bond acceptors (Lipinski definition) is 0. The van der Waals surface area contributed by atoms with Crippen LogP contribution in [0.25, 0.3) is 11.1 Å². The predicted molar refractivity (Wildman–Crippen MR) is 124 cm³/mol. The van der Waals surface area contributed by atoms with Crippen molar-refractivity contribution in [1.29, 1.82) is 0 Å². The maximum atomic E-state index is 3.53. The minimum Gasteiger partial charge on any atom is -0.127 e. The maximum absolute atomic E-state index is 3.53. The summed E-state index contributed by atoms with van der Waals surface area (Å²) in [6, 6.07) is 30.8. The zero-order valence-corrected chi connectivity index (χ0v) is 17.7. The zero-order valence-electron chi connectivity index (χ0n) is 16.7. The van der Waals surface area contributed by atoms with Gasteiger partial charge in [0.15, 0.2) is 0 Å². The summed E-state index contributed by atoms with van der Waals surface area (Å²) in [5, 5.41) is 0. The Hall–Kier alpha value is -3.26. The van der Waals surface area contributed by atoms with E-state index in [4.69, 9.17) is 0 Å². The molecule has 0 aliphatic rings. The van der Waals surface area contributed by atoms with E-state index in [-0.39, 0.29) is 0 Å². The molecule has 0 nitrogen and oxygen atoms in total. The minimum atomic E-state index is -1.53. The number of benzene rings is 3. The fourth-order valence-corrected chi connectivity index (χ4v) is 3.17. The number of allylic oxidation sites excluding steroid dienone is 2. The monoisotopic (exact) mass is 376 g/mol. The Morgan fingerprint density at radius 1 is 0.571 bits per heavy atom. The molecule has 0 amide bonds. The summed E-state index contributed by atoms with van der Waals surface area (Å²) in [4.78, 5) is 0. The van der Waals surface area contributed by atoms with E-state index in [1.54, 1.807) is 0 Å². The molecule has 3 aromatic carbocycles. The van der Waals surface area contributed by atoms with Crippen molar-refractivity contribution >= 4 is 19.2 Å². The van der Waals surface area contributed by atoms with Crippen LogP contribution in [0.2, 0.25) is 19.6 Å². The second kappa shape index (κ2) is 9.09. The molecule has 3 aromatic rings. The largest absolute Gasteiger partial charge is 0.129 e. The molecule has 0 spiro atoms. The van der Waals surface area contributed by atoms with E-state index in [0.29, 0.717) is 0 Å². The molecule has 0 atom stereocenters. The lowest BCUT2D eigenvalue weighted by Gasteiger charge is -2.09.